The fourth-order valence-electron chi connectivity index (χ4n) is 3.09. The van der Waals surface area contributed by atoms with Crippen LogP contribution in [0.5, 0.6) is 0 Å². The van der Waals surface area contributed by atoms with Gasteiger partial charge in [-0.3, -0.25) is 0 Å². The van der Waals surface area contributed by atoms with E-state index in [0.29, 0.717) is 5.41 Å². The van der Waals surface area contributed by atoms with E-state index in [0.717, 1.165) is 25.2 Å². The van der Waals surface area contributed by atoms with Gasteiger partial charge in [0.2, 0.25) is 0 Å². The number of hydrogen-bond acceptors (Lipinski definition) is 2. The lowest BCUT2D eigenvalue weighted by Crippen LogP contribution is -2.38. The normalized spacial score (nSPS) is 23.1. The maximum Gasteiger partial charge on any atom is 0.0398 e. The number of rotatable bonds is 0. The van der Waals surface area contributed by atoms with Crippen molar-refractivity contribution in [1.29, 1.82) is 5.41 Å². The van der Waals surface area contributed by atoms with Crippen molar-refractivity contribution in [2.45, 2.75) is 24.7 Å². The minimum atomic E-state index is 0.291. The van der Waals surface area contributed by atoms with Crippen LogP contribution in [-0.4, -0.2) is 18.8 Å². The molecule has 0 bridgehead atoms. The van der Waals surface area contributed by atoms with Crippen LogP contribution in [0.1, 0.15) is 30.4 Å². The Morgan fingerprint density at radius 2 is 1.87 bits per heavy atom. The standard InChI is InChI=1S/C13H16N2/c14-12-9-13(5-7-15-8-6-13)11-4-2-1-3-10(11)12/h1-4,14-15H,5-9H2. The van der Waals surface area contributed by atoms with E-state index in [2.05, 4.69) is 23.5 Å². The quantitative estimate of drug-likeness (QED) is 0.661. The van der Waals surface area contributed by atoms with Gasteiger partial charge in [-0.1, -0.05) is 24.3 Å². The van der Waals surface area contributed by atoms with Crippen molar-refractivity contribution in [2.24, 2.45) is 0 Å². The molecule has 1 aromatic rings. The van der Waals surface area contributed by atoms with Gasteiger partial charge in [0.05, 0.1) is 0 Å². The highest BCUT2D eigenvalue weighted by atomic mass is 14.9. The first kappa shape index (κ1) is 9.10. The first-order valence-electron chi connectivity index (χ1n) is 5.70. The summed E-state index contributed by atoms with van der Waals surface area (Å²) in [6, 6.07) is 8.49. The molecule has 0 atom stereocenters. The van der Waals surface area contributed by atoms with Gasteiger partial charge in [0, 0.05) is 11.1 Å². The first-order chi connectivity index (χ1) is 7.32. The molecule has 0 saturated carbocycles. The summed E-state index contributed by atoms with van der Waals surface area (Å²) in [6.45, 7) is 2.20. The van der Waals surface area contributed by atoms with Crippen molar-refractivity contribution in [3.63, 3.8) is 0 Å². The van der Waals surface area contributed by atoms with Crippen molar-refractivity contribution in [3.05, 3.63) is 35.4 Å². The van der Waals surface area contributed by atoms with E-state index >= 15 is 0 Å². The maximum absolute atomic E-state index is 8.07. The molecule has 1 aliphatic heterocycles. The number of piperidine rings is 1. The van der Waals surface area contributed by atoms with Crippen molar-refractivity contribution < 1.29 is 0 Å². The van der Waals surface area contributed by atoms with Crippen molar-refractivity contribution >= 4 is 5.71 Å². The molecule has 0 unspecified atom stereocenters. The zero-order chi connectivity index (χ0) is 10.3. The molecule has 2 nitrogen and oxygen atoms in total. The van der Waals surface area contributed by atoms with Crippen LogP contribution in [0.25, 0.3) is 0 Å². The van der Waals surface area contributed by atoms with Crippen LogP contribution in [0.2, 0.25) is 0 Å². The number of nitrogens with one attached hydrogen (secondary N) is 2. The van der Waals surface area contributed by atoms with Crippen LogP contribution in [0.4, 0.5) is 0 Å². The summed E-state index contributed by atoms with van der Waals surface area (Å²) in [6.07, 6.45) is 3.33. The lowest BCUT2D eigenvalue weighted by atomic mass is 9.74. The molecule has 1 aliphatic carbocycles. The molecule has 78 valence electrons. The second kappa shape index (κ2) is 3.17. The Morgan fingerprint density at radius 3 is 2.67 bits per heavy atom. The maximum atomic E-state index is 8.07. The second-order valence-corrected chi connectivity index (χ2v) is 4.73. The molecular weight excluding hydrogens is 184 g/mol. The molecule has 2 N–H and O–H groups in total. The molecule has 1 fully saturated rings. The Hall–Kier alpha value is -1.15. The summed E-state index contributed by atoms with van der Waals surface area (Å²) in [7, 11) is 0. The summed E-state index contributed by atoms with van der Waals surface area (Å²) in [5, 5.41) is 11.5. The van der Waals surface area contributed by atoms with E-state index in [4.69, 9.17) is 5.41 Å². The fourth-order valence-corrected chi connectivity index (χ4v) is 3.09. The monoisotopic (exact) mass is 200 g/mol. The Bertz CT molecular complexity index is 403. The predicted molar refractivity (Wildman–Crippen MR) is 61.7 cm³/mol. The van der Waals surface area contributed by atoms with Gasteiger partial charge < -0.3 is 10.7 Å². The zero-order valence-electron chi connectivity index (χ0n) is 8.84. The van der Waals surface area contributed by atoms with E-state index in [1.165, 1.54) is 24.0 Å². The molecule has 1 heterocycles. The van der Waals surface area contributed by atoms with Crippen LogP contribution in [0.15, 0.2) is 24.3 Å². The van der Waals surface area contributed by atoms with Crippen LogP contribution in [0, 0.1) is 5.41 Å². The van der Waals surface area contributed by atoms with Gasteiger partial charge in [-0.05, 0) is 43.5 Å². The predicted octanol–water partition coefficient (Wildman–Crippen LogP) is 2.08. The zero-order valence-corrected chi connectivity index (χ0v) is 8.84. The van der Waals surface area contributed by atoms with E-state index < -0.39 is 0 Å². The highest BCUT2D eigenvalue weighted by Gasteiger charge is 2.41. The average molecular weight is 200 g/mol. The number of fused-ring (bicyclic) bond motifs is 2. The van der Waals surface area contributed by atoms with E-state index in [1.807, 2.05) is 6.07 Å². The summed E-state index contributed by atoms with van der Waals surface area (Å²) in [4.78, 5) is 0. The van der Waals surface area contributed by atoms with Gasteiger partial charge in [0.15, 0.2) is 0 Å². The fraction of sp³-hybridized carbons (Fsp3) is 0.462. The van der Waals surface area contributed by atoms with Crippen molar-refractivity contribution in [1.82, 2.24) is 5.32 Å². The molecule has 1 aromatic carbocycles. The van der Waals surface area contributed by atoms with E-state index in [-0.39, 0.29) is 0 Å². The van der Waals surface area contributed by atoms with E-state index in [1.54, 1.807) is 0 Å². The van der Waals surface area contributed by atoms with Gasteiger partial charge in [0.25, 0.3) is 0 Å². The Kier molecular flexibility index (Phi) is 1.93. The van der Waals surface area contributed by atoms with Crippen molar-refractivity contribution in [2.75, 3.05) is 13.1 Å². The summed E-state index contributed by atoms with van der Waals surface area (Å²) in [5.74, 6) is 0. The largest absolute Gasteiger partial charge is 0.317 e. The number of hydrogen-bond donors (Lipinski definition) is 2. The lowest BCUT2D eigenvalue weighted by molar-refractivity contribution is 0.324. The van der Waals surface area contributed by atoms with Crippen molar-refractivity contribution in [3.8, 4) is 0 Å². The lowest BCUT2D eigenvalue weighted by Gasteiger charge is -2.34. The first-order valence-corrected chi connectivity index (χ1v) is 5.70. The van der Waals surface area contributed by atoms with Gasteiger partial charge in [-0.2, -0.15) is 0 Å². The molecule has 1 saturated heterocycles. The highest BCUT2D eigenvalue weighted by Crippen LogP contribution is 2.44. The van der Waals surface area contributed by atoms with Crippen LogP contribution in [-0.2, 0) is 5.41 Å². The van der Waals surface area contributed by atoms with Crippen LogP contribution >= 0.6 is 0 Å². The second-order valence-electron chi connectivity index (χ2n) is 4.73. The SMILES string of the molecule is N=C1CC2(CCNCC2)c2ccccc21. The number of benzene rings is 1. The third-order valence-electron chi connectivity index (χ3n) is 3.90. The summed E-state index contributed by atoms with van der Waals surface area (Å²) >= 11 is 0. The molecule has 15 heavy (non-hydrogen) atoms. The molecular formula is C13H16N2. The average Bonchev–Trinajstić information content (AvgIpc) is 2.55. The summed E-state index contributed by atoms with van der Waals surface area (Å²) in [5.41, 5.74) is 3.75. The van der Waals surface area contributed by atoms with Crippen LogP contribution < -0.4 is 5.32 Å². The van der Waals surface area contributed by atoms with Gasteiger partial charge >= 0.3 is 0 Å². The molecule has 2 aliphatic rings. The molecule has 0 aromatic heterocycles. The smallest absolute Gasteiger partial charge is 0.0398 e. The van der Waals surface area contributed by atoms with Gasteiger partial charge in [0.1, 0.15) is 0 Å². The Morgan fingerprint density at radius 1 is 1.13 bits per heavy atom. The van der Waals surface area contributed by atoms with Crippen LogP contribution in [0.3, 0.4) is 0 Å². The topological polar surface area (TPSA) is 35.9 Å². The molecule has 0 amide bonds. The summed E-state index contributed by atoms with van der Waals surface area (Å²) < 4.78 is 0. The van der Waals surface area contributed by atoms with Gasteiger partial charge in [-0.15, -0.1) is 0 Å². The Labute approximate surface area is 90.2 Å². The third kappa shape index (κ3) is 1.25. The van der Waals surface area contributed by atoms with Gasteiger partial charge in [-0.25, -0.2) is 0 Å². The molecule has 1 spiro atoms. The molecule has 0 radical (unpaired) electrons. The molecule has 3 rings (SSSR count). The minimum Gasteiger partial charge on any atom is -0.317 e. The Balaban J connectivity index is 2.10. The molecule has 2 heteroatoms. The highest BCUT2D eigenvalue weighted by molar-refractivity contribution is 6.04. The third-order valence-corrected chi connectivity index (χ3v) is 3.90. The minimum absolute atomic E-state index is 0.291. The van der Waals surface area contributed by atoms with E-state index in [9.17, 15) is 0 Å².